The number of aryl methyl sites for hydroxylation is 1. The second-order valence-electron chi connectivity index (χ2n) is 7.23. The topological polar surface area (TPSA) is 40.5 Å². The number of hydrogen-bond donors (Lipinski definition) is 2. The van der Waals surface area contributed by atoms with Gasteiger partial charge in [0.25, 0.3) is 0 Å². The number of phenolic OH excluding ortho intramolecular Hbond substituents is 2. The van der Waals surface area contributed by atoms with Gasteiger partial charge in [-0.05, 0) is 42.9 Å². The van der Waals surface area contributed by atoms with Crippen molar-refractivity contribution >= 4 is 0 Å². The fourth-order valence-electron chi connectivity index (χ4n) is 3.39. The summed E-state index contributed by atoms with van der Waals surface area (Å²) in [5.41, 5.74) is 1.48. The molecule has 2 N–H and O–H groups in total. The van der Waals surface area contributed by atoms with E-state index in [1.165, 1.54) is 51.4 Å². The van der Waals surface area contributed by atoms with E-state index >= 15 is 0 Å². The van der Waals surface area contributed by atoms with E-state index in [0.717, 1.165) is 37.7 Å². The van der Waals surface area contributed by atoms with Crippen molar-refractivity contribution in [3.63, 3.8) is 0 Å². The van der Waals surface area contributed by atoms with Crippen LogP contribution in [0.2, 0.25) is 0 Å². The SMILES string of the molecule is CCCCCCCCc1cc(O)c(O)c(F)c1CCCCCCCC. The molecular formula is C22H37FO2. The molecule has 0 aromatic heterocycles. The van der Waals surface area contributed by atoms with Gasteiger partial charge in [-0.3, -0.25) is 0 Å². The lowest BCUT2D eigenvalue weighted by atomic mass is 9.95. The maximum absolute atomic E-state index is 14.4. The number of benzene rings is 1. The minimum Gasteiger partial charge on any atom is -0.504 e. The van der Waals surface area contributed by atoms with Crippen LogP contribution in [0.15, 0.2) is 6.07 Å². The predicted molar refractivity (Wildman–Crippen MR) is 104 cm³/mol. The van der Waals surface area contributed by atoms with E-state index in [9.17, 15) is 14.6 Å². The summed E-state index contributed by atoms with van der Waals surface area (Å²) in [5, 5.41) is 19.5. The molecule has 3 heteroatoms. The lowest BCUT2D eigenvalue weighted by molar-refractivity contribution is 0.375. The van der Waals surface area contributed by atoms with E-state index in [4.69, 9.17) is 0 Å². The van der Waals surface area contributed by atoms with Gasteiger partial charge in [-0.15, -0.1) is 0 Å². The quantitative estimate of drug-likeness (QED) is 0.278. The molecule has 0 amide bonds. The van der Waals surface area contributed by atoms with Crippen LogP contribution in [0.25, 0.3) is 0 Å². The number of halogens is 1. The minimum atomic E-state index is -0.616. The van der Waals surface area contributed by atoms with Gasteiger partial charge < -0.3 is 10.2 Å². The van der Waals surface area contributed by atoms with Gasteiger partial charge in [0.05, 0.1) is 0 Å². The summed E-state index contributed by atoms with van der Waals surface area (Å²) in [7, 11) is 0. The van der Waals surface area contributed by atoms with E-state index in [0.29, 0.717) is 12.0 Å². The van der Waals surface area contributed by atoms with Gasteiger partial charge in [0.15, 0.2) is 17.3 Å². The van der Waals surface area contributed by atoms with Crippen molar-refractivity contribution in [3.8, 4) is 11.5 Å². The Morgan fingerprint density at radius 2 is 1.20 bits per heavy atom. The van der Waals surface area contributed by atoms with Crippen molar-refractivity contribution in [3.05, 3.63) is 23.0 Å². The molecule has 0 fully saturated rings. The van der Waals surface area contributed by atoms with Crippen LogP contribution in [-0.2, 0) is 12.8 Å². The van der Waals surface area contributed by atoms with Gasteiger partial charge in [-0.2, -0.15) is 0 Å². The van der Waals surface area contributed by atoms with Gasteiger partial charge in [0.1, 0.15) is 0 Å². The molecule has 1 rings (SSSR count). The summed E-state index contributed by atoms with van der Waals surface area (Å²) >= 11 is 0. The Kier molecular flexibility index (Phi) is 11.3. The van der Waals surface area contributed by atoms with Crippen LogP contribution in [0, 0.1) is 5.82 Å². The van der Waals surface area contributed by atoms with E-state index < -0.39 is 11.6 Å². The number of aromatic hydroxyl groups is 2. The van der Waals surface area contributed by atoms with E-state index in [1.807, 2.05) is 0 Å². The molecule has 0 aliphatic heterocycles. The highest BCUT2D eigenvalue weighted by Gasteiger charge is 2.17. The van der Waals surface area contributed by atoms with Gasteiger partial charge in [-0.25, -0.2) is 4.39 Å². The van der Waals surface area contributed by atoms with Crippen molar-refractivity contribution in [1.29, 1.82) is 0 Å². The summed E-state index contributed by atoms with van der Waals surface area (Å²) in [6.07, 6.45) is 15.5. The third kappa shape index (κ3) is 8.11. The maximum Gasteiger partial charge on any atom is 0.194 e. The molecule has 1 aromatic carbocycles. The first kappa shape index (κ1) is 21.8. The van der Waals surface area contributed by atoms with Crippen molar-refractivity contribution in [2.45, 2.75) is 104 Å². The van der Waals surface area contributed by atoms with Crippen LogP contribution in [0.4, 0.5) is 4.39 Å². The third-order valence-corrected chi connectivity index (χ3v) is 4.99. The Labute approximate surface area is 153 Å². The molecule has 0 saturated carbocycles. The van der Waals surface area contributed by atoms with Gasteiger partial charge in [0, 0.05) is 0 Å². The predicted octanol–water partition coefficient (Wildman–Crippen LogP) is 7.04. The summed E-state index contributed by atoms with van der Waals surface area (Å²) in [6, 6.07) is 1.57. The molecule has 0 unspecified atom stereocenters. The van der Waals surface area contributed by atoms with E-state index in [2.05, 4.69) is 13.8 Å². The third-order valence-electron chi connectivity index (χ3n) is 4.99. The lowest BCUT2D eigenvalue weighted by Gasteiger charge is -2.13. The Morgan fingerprint density at radius 1 is 0.720 bits per heavy atom. The molecule has 0 heterocycles. The Balaban J connectivity index is 2.56. The Morgan fingerprint density at radius 3 is 1.76 bits per heavy atom. The lowest BCUT2D eigenvalue weighted by Crippen LogP contribution is -2.00. The molecule has 25 heavy (non-hydrogen) atoms. The zero-order valence-corrected chi connectivity index (χ0v) is 16.2. The van der Waals surface area contributed by atoms with Crippen LogP contribution < -0.4 is 0 Å². The molecule has 1 aromatic rings. The van der Waals surface area contributed by atoms with Crippen LogP contribution in [0.1, 0.15) is 102 Å². The van der Waals surface area contributed by atoms with Crippen molar-refractivity contribution in [2.75, 3.05) is 0 Å². The highest BCUT2D eigenvalue weighted by molar-refractivity contribution is 5.47. The summed E-state index contributed by atoms with van der Waals surface area (Å²) in [5.74, 6) is -1.53. The zero-order chi connectivity index (χ0) is 18.5. The van der Waals surface area contributed by atoms with Crippen molar-refractivity contribution in [2.24, 2.45) is 0 Å². The van der Waals surface area contributed by atoms with Crippen LogP contribution in [0.3, 0.4) is 0 Å². The molecule has 144 valence electrons. The number of rotatable bonds is 14. The molecular weight excluding hydrogens is 315 g/mol. The summed E-state index contributed by atoms with van der Waals surface area (Å²) in [4.78, 5) is 0. The van der Waals surface area contributed by atoms with Gasteiger partial charge in [0.2, 0.25) is 0 Å². The van der Waals surface area contributed by atoms with E-state index in [-0.39, 0.29) is 5.75 Å². The molecule has 0 radical (unpaired) electrons. The maximum atomic E-state index is 14.4. The highest BCUT2D eigenvalue weighted by atomic mass is 19.1. The number of hydrogen-bond acceptors (Lipinski definition) is 2. The average Bonchev–Trinajstić information content (AvgIpc) is 2.61. The fourth-order valence-corrected chi connectivity index (χ4v) is 3.39. The average molecular weight is 353 g/mol. The first-order chi connectivity index (χ1) is 12.1. The highest BCUT2D eigenvalue weighted by Crippen LogP contribution is 2.34. The number of unbranched alkanes of at least 4 members (excludes halogenated alkanes) is 10. The van der Waals surface area contributed by atoms with Crippen LogP contribution >= 0.6 is 0 Å². The molecule has 0 bridgehead atoms. The molecule has 0 aliphatic carbocycles. The molecule has 0 spiro atoms. The second kappa shape index (κ2) is 13.0. The van der Waals surface area contributed by atoms with Crippen LogP contribution in [-0.4, -0.2) is 10.2 Å². The molecule has 0 atom stereocenters. The normalized spacial score (nSPS) is 11.2. The minimum absolute atomic E-state index is 0.329. The molecule has 0 saturated heterocycles. The molecule has 0 aliphatic rings. The first-order valence-electron chi connectivity index (χ1n) is 10.3. The van der Waals surface area contributed by atoms with Crippen LogP contribution in [0.5, 0.6) is 11.5 Å². The largest absolute Gasteiger partial charge is 0.504 e. The Hall–Kier alpha value is -1.25. The van der Waals surface area contributed by atoms with Crippen molar-refractivity contribution in [1.82, 2.24) is 0 Å². The zero-order valence-electron chi connectivity index (χ0n) is 16.2. The monoisotopic (exact) mass is 352 g/mol. The Bertz CT molecular complexity index is 485. The standard InChI is InChI=1S/C22H37FO2/c1-3-5-7-9-11-13-15-18-17-20(24)22(25)21(23)19(18)16-14-12-10-8-6-4-2/h17,24-25H,3-16H2,1-2H3. The summed E-state index contributed by atoms with van der Waals surface area (Å²) < 4.78 is 14.4. The van der Waals surface area contributed by atoms with Gasteiger partial charge >= 0.3 is 0 Å². The second-order valence-corrected chi connectivity index (χ2v) is 7.23. The smallest absolute Gasteiger partial charge is 0.194 e. The first-order valence-corrected chi connectivity index (χ1v) is 10.3. The van der Waals surface area contributed by atoms with Gasteiger partial charge in [-0.1, -0.05) is 78.1 Å². The number of phenols is 2. The fraction of sp³-hybridized carbons (Fsp3) is 0.727. The molecule has 2 nitrogen and oxygen atoms in total. The van der Waals surface area contributed by atoms with E-state index in [1.54, 1.807) is 6.07 Å². The summed E-state index contributed by atoms with van der Waals surface area (Å²) in [6.45, 7) is 4.40. The van der Waals surface area contributed by atoms with Crippen molar-refractivity contribution < 1.29 is 14.6 Å².